The Morgan fingerprint density at radius 2 is 1.74 bits per heavy atom. The van der Waals surface area contributed by atoms with Crippen LogP contribution in [0.25, 0.3) is 5.47 Å². The van der Waals surface area contributed by atoms with Gasteiger partial charge >= 0.3 is 19.0 Å². The summed E-state index contributed by atoms with van der Waals surface area (Å²) in [5.41, 5.74) is -0.275. The lowest BCUT2D eigenvalue weighted by Gasteiger charge is -2.32. The van der Waals surface area contributed by atoms with E-state index in [4.69, 9.17) is 9.31 Å². The van der Waals surface area contributed by atoms with E-state index in [1.165, 1.54) is 13.8 Å². The zero-order valence-electron chi connectivity index (χ0n) is 17.0. The summed E-state index contributed by atoms with van der Waals surface area (Å²) in [6.07, 6.45) is 0. The van der Waals surface area contributed by atoms with Crippen molar-refractivity contribution in [2.24, 2.45) is 0 Å². The molecule has 0 unspecified atom stereocenters. The number of esters is 1. The number of rotatable bonds is 5. The van der Waals surface area contributed by atoms with Gasteiger partial charge in [0.1, 0.15) is 0 Å². The first-order valence-corrected chi connectivity index (χ1v) is 9.02. The van der Waals surface area contributed by atoms with Crippen molar-refractivity contribution >= 4 is 18.6 Å². The SMILES string of the molecule is CCOC(=O)C(F)(F)/C(C)=C(/B1OC(C)(C)C(C)(C)O1)c1cccc(C)c1. The number of aryl methyl sites for hydroxylation is 1. The van der Waals surface area contributed by atoms with Gasteiger partial charge in [0, 0.05) is 5.57 Å². The van der Waals surface area contributed by atoms with Crippen molar-refractivity contribution in [3.63, 3.8) is 0 Å². The Bertz CT molecular complexity index is 740. The molecule has 1 fully saturated rings. The maximum Gasteiger partial charge on any atom is 0.495 e. The zero-order valence-corrected chi connectivity index (χ0v) is 17.0. The Hall–Kier alpha value is -1.73. The number of alkyl halides is 2. The van der Waals surface area contributed by atoms with Gasteiger partial charge in [-0.2, -0.15) is 8.78 Å². The summed E-state index contributed by atoms with van der Waals surface area (Å²) in [4.78, 5) is 11.9. The number of benzene rings is 1. The first-order chi connectivity index (χ1) is 12.3. The van der Waals surface area contributed by atoms with Gasteiger partial charge in [-0.3, -0.25) is 0 Å². The van der Waals surface area contributed by atoms with Gasteiger partial charge in [0.15, 0.2) is 0 Å². The fourth-order valence-corrected chi connectivity index (χ4v) is 2.85. The summed E-state index contributed by atoms with van der Waals surface area (Å²) in [6, 6.07) is 7.11. The number of ether oxygens (including phenoxy) is 1. The predicted octanol–water partition coefficient (Wildman–Crippen LogP) is 4.60. The number of halogens is 2. The van der Waals surface area contributed by atoms with E-state index in [1.807, 2.05) is 40.7 Å². The molecule has 0 saturated carbocycles. The Morgan fingerprint density at radius 3 is 2.22 bits per heavy atom. The van der Waals surface area contributed by atoms with Crippen molar-refractivity contribution in [1.29, 1.82) is 0 Å². The summed E-state index contributed by atoms with van der Waals surface area (Å²) in [5.74, 6) is -5.37. The molecule has 0 bridgehead atoms. The minimum Gasteiger partial charge on any atom is -0.461 e. The van der Waals surface area contributed by atoms with Crippen LogP contribution in [0, 0.1) is 6.92 Å². The average molecular weight is 380 g/mol. The number of hydrogen-bond donors (Lipinski definition) is 0. The molecule has 0 amide bonds. The molecule has 7 heteroatoms. The highest BCUT2D eigenvalue weighted by Gasteiger charge is 2.55. The smallest absolute Gasteiger partial charge is 0.461 e. The first-order valence-electron chi connectivity index (χ1n) is 9.02. The van der Waals surface area contributed by atoms with Crippen LogP contribution < -0.4 is 0 Å². The van der Waals surface area contributed by atoms with Gasteiger partial charge in [-0.15, -0.1) is 0 Å². The summed E-state index contributed by atoms with van der Waals surface area (Å²) in [7, 11) is -1.03. The van der Waals surface area contributed by atoms with E-state index in [2.05, 4.69) is 4.74 Å². The van der Waals surface area contributed by atoms with Gasteiger partial charge in [0.25, 0.3) is 0 Å². The molecule has 0 atom stereocenters. The Balaban J connectivity index is 2.63. The molecule has 1 heterocycles. The molecule has 0 spiro atoms. The Labute approximate surface area is 160 Å². The van der Waals surface area contributed by atoms with Crippen LogP contribution in [0.15, 0.2) is 29.8 Å². The van der Waals surface area contributed by atoms with Crippen LogP contribution in [0.5, 0.6) is 0 Å². The van der Waals surface area contributed by atoms with Crippen LogP contribution in [-0.4, -0.2) is 36.8 Å². The lowest BCUT2D eigenvalue weighted by molar-refractivity contribution is -0.165. The molecule has 0 radical (unpaired) electrons. The van der Waals surface area contributed by atoms with E-state index >= 15 is 0 Å². The van der Waals surface area contributed by atoms with Gasteiger partial charge in [-0.05, 0) is 59.5 Å². The van der Waals surface area contributed by atoms with Crippen LogP contribution >= 0.6 is 0 Å². The minimum absolute atomic E-state index is 0.127. The minimum atomic E-state index is -3.79. The largest absolute Gasteiger partial charge is 0.495 e. The van der Waals surface area contributed by atoms with Crippen molar-refractivity contribution < 1.29 is 27.6 Å². The zero-order chi connectivity index (χ0) is 20.6. The lowest BCUT2D eigenvalue weighted by atomic mass is 9.70. The van der Waals surface area contributed by atoms with Crippen LogP contribution in [-0.2, 0) is 18.8 Å². The molecule has 2 rings (SSSR count). The molecule has 0 aliphatic carbocycles. The van der Waals surface area contributed by atoms with Crippen molar-refractivity contribution in [2.75, 3.05) is 6.61 Å². The van der Waals surface area contributed by atoms with Crippen LogP contribution in [0.2, 0.25) is 0 Å². The molecule has 27 heavy (non-hydrogen) atoms. The third-order valence-corrected chi connectivity index (χ3v) is 5.22. The molecule has 1 aliphatic rings. The summed E-state index contributed by atoms with van der Waals surface area (Å²) < 4.78 is 46.3. The molecule has 148 valence electrons. The first kappa shape index (κ1) is 21.6. The van der Waals surface area contributed by atoms with E-state index in [9.17, 15) is 13.6 Å². The van der Waals surface area contributed by atoms with E-state index in [1.54, 1.807) is 18.2 Å². The molecule has 1 aromatic carbocycles. The van der Waals surface area contributed by atoms with E-state index in [0.717, 1.165) is 5.56 Å². The second-order valence-corrected chi connectivity index (χ2v) is 7.79. The third-order valence-electron chi connectivity index (χ3n) is 5.22. The standard InChI is InChI=1S/C20H27BF2O4/c1-8-25-17(24)20(22,23)14(3)16(15-11-9-10-13(2)12-15)21-26-18(4,5)19(6,7)27-21/h9-12H,8H2,1-7H3/b16-14+. The second-order valence-electron chi connectivity index (χ2n) is 7.79. The Kier molecular flexibility index (Phi) is 5.88. The van der Waals surface area contributed by atoms with Crippen molar-refractivity contribution in [3.8, 4) is 0 Å². The molecule has 0 N–H and O–H groups in total. The lowest BCUT2D eigenvalue weighted by Crippen LogP contribution is -2.41. The van der Waals surface area contributed by atoms with Gasteiger partial charge in [-0.1, -0.05) is 29.8 Å². The maximum absolute atomic E-state index is 14.8. The van der Waals surface area contributed by atoms with Crippen molar-refractivity contribution in [1.82, 2.24) is 0 Å². The third kappa shape index (κ3) is 4.09. The fourth-order valence-electron chi connectivity index (χ4n) is 2.85. The monoisotopic (exact) mass is 380 g/mol. The highest BCUT2D eigenvalue weighted by Crippen LogP contribution is 2.43. The molecule has 1 saturated heterocycles. The van der Waals surface area contributed by atoms with Crippen LogP contribution in [0.4, 0.5) is 8.78 Å². The second kappa shape index (κ2) is 7.36. The number of carbonyl (C=O) groups is 1. The van der Waals surface area contributed by atoms with Gasteiger partial charge in [-0.25, -0.2) is 4.79 Å². The van der Waals surface area contributed by atoms with Crippen LogP contribution in [0.1, 0.15) is 52.7 Å². The molecule has 1 aliphatic heterocycles. The molecular formula is C20H27BF2O4. The van der Waals surface area contributed by atoms with Crippen LogP contribution in [0.3, 0.4) is 0 Å². The predicted molar refractivity (Wildman–Crippen MR) is 101 cm³/mol. The summed E-state index contributed by atoms with van der Waals surface area (Å²) >= 11 is 0. The van der Waals surface area contributed by atoms with E-state index < -0.39 is 35.8 Å². The average Bonchev–Trinajstić information content (AvgIpc) is 2.75. The Morgan fingerprint density at radius 1 is 1.19 bits per heavy atom. The topological polar surface area (TPSA) is 44.8 Å². The maximum atomic E-state index is 14.8. The summed E-state index contributed by atoms with van der Waals surface area (Å²) in [6.45, 7) is 11.8. The highest BCUT2D eigenvalue weighted by atomic mass is 19.3. The van der Waals surface area contributed by atoms with E-state index in [0.29, 0.717) is 5.56 Å². The normalized spacial score (nSPS) is 19.7. The molecule has 0 aromatic heterocycles. The number of hydrogen-bond acceptors (Lipinski definition) is 4. The quantitative estimate of drug-likeness (QED) is 0.553. The van der Waals surface area contributed by atoms with Crippen molar-refractivity contribution in [3.05, 3.63) is 41.0 Å². The fraction of sp³-hybridized carbons (Fsp3) is 0.550. The summed E-state index contributed by atoms with van der Waals surface area (Å²) in [5, 5.41) is 0. The molecule has 1 aromatic rings. The van der Waals surface area contributed by atoms with E-state index in [-0.39, 0.29) is 12.1 Å². The van der Waals surface area contributed by atoms with Gasteiger partial charge < -0.3 is 14.0 Å². The highest BCUT2D eigenvalue weighted by molar-refractivity contribution is 6.69. The molecule has 4 nitrogen and oxygen atoms in total. The molecular weight excluding hydrogens is 353 g/mol. The van der Waals surface area contributed by atoms with Gasteiger partial charge in [0.2, 0.25) is 0 Å². The van der Waals surface area contributed by atoms with Crippen molar-refractivity contribution in [2.45, 2.75) is 65.6 Å². The van der Waals surface area contributed by atoms with Gasteiger partial charge in [0.05, 0.1) is 17.8 Å². The number of carbonyl (C=O) groups excluding carboxylic acids is 1.